The van der Waals surface area contributed by atoms with Crippen molar-refractivity contribution < 1.29 is 9.53 Å². The summed E-state index contributed by atoms with van der Waals surface area (Å²) in [6, 6.07) is -0.279. The molecule has 0 unspecified atom stereocenters. The van der Waals surface area contributed by atoms with Crippen LogP contribution < -0.4 is 5.69 Å². The molecule has 2 aromatic rings. The first-order chi connectivity index (χ1) is 13.0. The average Bonchev–Trinajstić information content (AvgIpc) is 3.27. The molecule has 0 aliphatic carbocycles. The van der Waals surface area contributed by atoms with Crippen LogP contribution in [-0.2, 0) is 18.2 Å². The average molecular weight is 373 g/mol. The van der Waals surface area contributed by atoms with E-state index in [4.69, 9.17) is 4.74 Å². The molecule has 0 spiro atoms. The second-order valence-electron chi connectivity index (χ2n) is 7.02. The number of amides is 1. The molecule has 3 heterocycles. The number of carbonyl (C=O) groups excluding carboxylic acids is 1. The van der Waals surface area contributed by atoms with Gasteiger partial charge in [-0.05, 0) is 32.6 Å². The number of nitrogens with zero attached hydrogens (tertiary/aromatic N) is 5. The second-order valence-corrected chi connectivity index (χ2v) is 7.02. The molecule has 8 heteroatoms. The van der Waals surface area contributed by atoms with Gasteiger partial charge in [-0.3, -0.25) is 4.57 Å². The first-order valence-corrected chi connectivity index (χ1v) is 9.40. The summed E-state index contributed by atoms with van der Waals surface area (Å²) in [4.78, 5) is 35.9. The molecule has 0 N–H and O–H groups in total. The highest BCUT2D eigenvalue weighted by molar-refractivity contribution is 5.87. The molecule has 1 amide bonds. The third-order valence-corrected chi connectivity index (χ3v) is 4.87. The highest BCUT2D eigenvalue weighted by Gasteiger charge is 2.25. The number of fused-ring (bicyclic) bond motifs is 1. The minimum atomic E-state index is -0.369. The minimum absolute atomic E-state index is 0.279. The minimum Gasteiger partial charge on any atom is -0.380 e. The van der Waals surface area contributed by atoms with E-state index in [1.165, 1.54) is 14.7 Å². The molecule has 0 aromatic carbocycles. The molecule has 0 atom stereocenters. The van der Waals surface area contributed by atoms with Gasteiger partial charge in [-0.1, -0.05) is 11.6 Å². The lowest BCUT2D eigenvalue weighted by atomic mass is 10.2. The first kappa shape index (κ1) is 19.3. The summed E-state index contributed by atoms with van der Waals surface area (Å²) in [7, 11) is 3.33. The molecule has 146 valence electrons. The Hall–Kier alpha value is -2.48. The lowest BCUT2D eigenvalue weighted by Crippen LogP contribution is -2.38. The Morgan fingerprint density at radius 2 is 2.07 bits per heavy atom. The Labute approximate surface area is 158 Å². The zero-order valence-electron chi connectivity index (χ0n) is 16.3. The molecule has 3 rings (SSSR count). The smallest absolute Gasteiger partial charge is 0.338 e. The topological polar surface area (TPSA) is 82.2 Å². The third-order valence-electron chi connectivity index (χ3n) is 4.87. The van der Waals surface area contributed by atoms with E-state index in [1.54, 1.807) is 25.3 Å². The van der Waals surface area contributed by atoms with Crippen molar-refractivity contribution in [2.75, 3.05) is 26.8 Å². The zero-order chi connectivity index (χ0) is 19.4. The second kappa shape index (κ2) is 8.47. The number of rotatable bonds is 6. The van der Waals surface area contributed by atoms with E-state index in [9.17, 15) is 9.59 Å². The van der Waals surface area contributed by atoms with Crippen molar-refractivity contribution in [2.24, 2.45) is 7.05 Å². The van der Waals surface area contributed by atoms with E-state index in [1.807, 2.05) is 6.92 Å². The SMILES string of the molecule is COCC(C)=CCCCc1ncc2c(n1)n(C)c(=O)n2C(=O)N1CCCC1. The predicted molar refractivity (Wildman–Crippen MR) is 103 cm³/mol. The molecule has 1 aliphatic heterocycles. The van der Waals surface area contributed by atoms with Crippen molar-refractivity contribution in [3.8, 4) is 0 Å². The van der Waals surface area contributed by atoms with Crippen molar-refractivity contribution >= 4 is 17.2 Å². The molecule has 1 saturated heterocycles. The number of hydrogen-bond acceptors (Lipinski definition) is 5. The van der Waals surface area contributed by atoms with Gasteiger partial charge in [0.2, 0.25) is 0 Å². The Morgan fingerprint density at radius 1 is 1.33 bits per heavy atom. The molecule has 0 radical (unpaired) electrons. The fourth-order valence-electron chi connectivity index (χ4n) is 3.40. The van der Waals surface area contributed by atoms with Gasteiger partial charge in [0.1, 0.15) is 11.3 Å². The van der Waals surface area contributed by atoms with Gasteiger partial charge < -0.3 is 9.64 Å². The van der Waals surface area contributed by atoms with Crippen LogP contribution >= 0.6 is 0 Å². The lowest BCUT2D eigenvalue weighted by molar-refractivity contribution is 0.210. The fourth-order valence-corrected chi connectivity index (χ4v) is 3.40. The Balaban J connectivity index is 1.78. The van der Waals surface area contributed by atoms with Gasteiger partial charge in [-0.2, -0.15) is 0 Å². The van der Waals surface area contributed by atoms with Crippen LogP contribution in [0.15, 0.2) is 22.6 Å². The van der Waals surface area contributed by atoms with Crippen LogP contribution in [0.1, 0.15) is 38.4 Å². The number of hydrogen-bond donors (Lipinski definition) is 0. The van der Waals surface area contributed by atoms with E-state index in [0.29, 0.717) is 43.1 Å². The molecular formula is C19H27N5O3. The van der Waals surface area contributed by atoms with Crippen molar-refractivity contribution in [1.82, 2.24) is 24.0 Å². The maximum Gasteiger partial charge on any atom is 0.338 e. The maximum atomic E-state index is 12.7. The zero-order valence-corrected chi connectivity index (χ0v) is 16.3. The fraction of sp³-hybridized carbons (Fsp3) is 0.579. The van der Waals surface area contributed by atoms with Crippen molar-refractivity contribution in [3.63, 3.8) is 0 Å². The van der Waals surface area contributed by atoms with E-state index in [0.717, 1.165) is 25.7 Å². The van der Waals surface area contributed by atoms with E-state index in [-0.39, 0.29) is 11.7 Å². The highest BCUT2D eigenvalue weighted by atomic mass is 16.5. The van der Waals surface area contributed by atoms with Crippen LogP contribution in [0.5, 0.6) is 0 Å². The summed E-state index contributed by atoms with van der Waals surface area (Å²) < 4.78 is 7.71. The van der Waals surface area contributed by atoms with Gasteiger partial charge in [-0.25, -0.2) is 24.1 Å². The van der Waals surface area contributed by atoms with Crippen molar-refractivity contribution in [3.05, 3.63) is 34.2 Å². The number of unbranched alkanes of at least 4 members (excludes halogenated alkanes) is 1. The van der Waals surface area contributed by atoms with Gasteiger partial charge in [0.15, 0.2) is 5.65 Å². The van der Waals surface area contributed by atoms with Crippen molar-refractivity contribution in [2.45, 2.75) is 39.0 Å². The number of likely N-dealkylation sites (tertiary alicyclic amines) is 1. The van der Waals surface area contributed by atoms with Gasteiger partial charge in [0.05, 0.1) is 12.8 Å². The molecular weight excluding hydrogens is 346 g/mol. The summed E-state index contributed by atoms with van der Waals surface area (Å²) in [5.41, 5.74) is 1.81. The third kappa shape index (κ3) is 4.10. The predicted octanol–water partition coefficient (Wildman–Crippen LogP) is 2.11. The molecule has 1 aliphatic rings. The number of aromatic nitrogens is 4. The van der Waals surface area contributed by atoms with Crippen LogP contribution in [0.25, 0.3) is 11.2 Å². The van der Waals surface area contributed by atoms with Crippen LogP contribution in [-0.4, -0.2) is 56.8 Å². The van der Waals surface area contributed by atoms with E-state index >= 15 is 0 Å². The number of allylic oxidation sites excluding steroid dienone is 1. The molecule has 0 saturated carbocycles. The molecule has 27 heavy (non-hydrogen) atoms. The van der Waals surface area contributed by atoms with Crippen LogP contribution in [0, 0.1) is 0 Å². The van der Waals surface area contributed by atoms with E-state index < -0.39 is 0 Å². The van der Waals surface area contributed by atoms with Crippen LogP contribution in [0.3, 0.4) is 0 Å². The van der Waals surface area contributed by atoms with Crippen molar-refractivity contribution in [1.29, 1.82) is 0 Å². The van der Waals surface area contributed by atoms with Gasteiger partial charge >= 0.3 is 11.7 Å². The number of aryl methyl sites for hydroxylation is 2. The normalized spacial score (nSPS) is 15.1. The Morgan fingerprint density at radius 3 is 2.78 bits per heavy atom. The van der Waals surface area contributed by atoms with Gasteiger partial charge in [-0.15, -0.1) is 0 Å². The molecule has 8 nitrogen and oxygen atoms in total. The number of imidazole rings is 1. The first-order valence-electron chi connectivity index (χ1n) is 9.40. The molecule has 2 aromatic heterocycles. The monoisotopic (exact) mass is 373 g/mol. The highest BCUT2D eigenvalue weighted by Crippen LogP contribution is 2.14. The summed E-state index contributed by atoms with van der Waals surface area (Å²) >= 11 is 0. The van der Waals surface area contributed by atoms with E-state index in [2.05, 4.69) is 16.0 Å². The Bertz CT molecular complexity index is 906. The number of carbonyl (C=O) groups is 1. The molecule has 0 bridgehead atoms. The standard InChI is InChI=1S/C19H27N5O3/c1-14(13-27-3)8-4-5-9-16-20-12-15-17(21-16)22(2)18(25)24(15)19(26)23-10-6-7-11-23/h8,12H,4-7,9-11,13H2,1-3H3. The maximum absolute atomic E-state index is 12.7. The summed E-state index contributed by atoms with van der Waals surface area (Å²) in [5, 5.41) is 0. The van der Waals surface area contributed by atoms with Crippen LogP contribution in [0.4, 0.5) is 4.79 Å². The Kier molecular flexibility index (Phi) is 6.05. The molecule has 1 fully saturated rings. The summed E-state index contributed by atoms with van der Waals surface area (Å²) in [5.74, 6) is 0.682. The van der Waals surface area contributed by atoms with Gasteiger partial charge in [0, 0.05) is 33.7 Å². The van der Waals surface area contributed by atoms with Crippen LogP contribution in [0.2, 0.25) is 0 Å². The number of methoxy groups -OCH3 is 1. The summed E-state index contributed by atoms with van der Waals surface area (Å²) in [6.45, 7) is 4.07. The lowest BCUT2D eigenvalue weighted by Gasteiger charge is -2.14. The quantitative estimate of drug-likeness (QED) is 0.572. The number of ether oxygens (including phenoxy) is 1. The van der Waals surface area contributed by atoms with Gasteiger partial charge in [0.25, 0.3) is 0 Å². The largest absolute Gasteiger partial charge is 0.380 e. The summed E-state index contributed by atoms with van der Waals surface area (Å²) in [6.07, 6.45) is 8.25.